The number of urea groups is 1. The van der Waals surface area contributed by atoms with Crippen LogP contribution in [0, 0.1) is 0 Å². The topological polar surface area (TPSA) is 74.7 Å². The third-order valence-corrected chi connectivity index (χ3v) is 2.77. The van der Waals surface area contributed by atoms with Crippen molar-refractivity contribution in [3.63, 3.8) is 0 Å². The number of nitrogens with zero attached hydrogens (tertiary/aromatic N) is 2. The molecule has 0 fully saturated rings. The minimum absolute atomic E-state index is 0.289. The van der Waals surface area contributed by atoms with Crippen molar-refractivity contribution in [1.82, 2.24) is 14.8 Å². The lowest BCUT2D eigenvalue weighted by Crippen LogP contribution is -2.19. The Bertz CT molecular complexity index is 727. The van der Waals surface area contributed by atoms with E-state index in [1.165, 1.54) is 0 Å². The van der Waals surface area contributed by atoms with Crippen LogP contribution < -0.4 is 10.6 Å². The molecule has 2 amide bonds. The van der Waals surface area contributed by atoms with E-state index in [0.29, 0.717) is 5.69 Å². The van der Waals surface area contributed by atoms with Crippen molar-refractivity contribution in [3.05, 3.63) is 42.9 Å². The molecule has 0 saturated carbocycles. The van der Waals surface area contributed by atoms with Crippen LogP contribution >= 0.6 is 0 Å². The van der Waals surface area contributed by atoms with Crippen LogP contribution in [0.2, 0.25) is 0 Å². The van der Waals surface area contributed by atoms with Crippen LogP contribution in [0.5, 0.6) is 0 Å². The van der Waals surface area contributed by atoms with E-state index in [0.717, 1.165) is 16.6 Å². The molecule has 0 bridgehead atoms. The van der Waals surface area contributed by atoms with Gasteiger partial charge in [0, 0.05) is 36.0 Å². The van der Waals surface area contributed by atoms with Gasteiger partial charge in [-0.25, -0.2) is 4.79 Å². The zero-order chi connectivity index (χ0) is 13.2. The summed E-state index contributed by atoms with van der Waals surface area (Å²) in [5.41, 5.74) is 2.44. The predicted molar refractivity (Wildman–Crippen MR) is 74.1 cm³/mol. The molecule has 0 atom stereocenters. The zero-order valence-electron chi connectivity index (χ0n) is 10.3. The second-order valence-electron chi connectivity index (χ2n) is 4.26. The van der Waals surface area contributed by atoms with Crippen LogP contribution in [0.15, 0.2) is 42.9 Å². The molecule has 0 unspecified atom stereocenters. The van der Waals surface area contributed by atoms with Gasteiger partial charge in [-0.3, -0.25) is 4.68 Å². The molecule has 0 aliphatic rings. The van der Waals surface area contributed by atoms with E-state index in [9.17, 15) is 4.79 Å². The highest BCUT2D eigenvalue weighted by Crippen LogP contribution is 2.18. The van der Waals surface area contributed by atoms with Gasteiger partial charge in [-0.2, -0.15) is 5.10 Å². The number of hydrogen-bond acceptors (Lipinski definition) is 2. The molecule has 96 valence electrons. The number of hydrogen-bond donors (Lipinski definition) is 3. The third kappa shape index (κ3) is 2.42. The second-order valence-corrected chi connectivity index (χ2v) is 4.26. The maximum absolute atomic E-state index is 11.8. The van der Waals surface area contributed by atoms with Gasteiger partial charge >= 0.3 is 6.03 Å². The average molecular weight is 255 g/mol. The summed E-state index contributed by atoms with van der Waals surface area (Å²) in [6.07, 6.45) is 5.19. The number of anilines is 2. The number of carbonyl (C=O) groups is 1. The van der Waals surface area contributed by atoms with Gasteiger partial charge in [-0.15, -0.1) is 0 Å². The van der Waals surface area contributed by atoms with Crippen molar-refractivity contribution in [1.29, 1.82) is 0 Å². The Hall–Kier alpha value is -2.76. The molecule has 19 heavy (non-hydrogen) atoms. The minimum atomic E-state index is -0.289. The van der Waals surface area contributed by atoms with Gasteiger partial charge in [0.15, 0.2) is 0 Å². The number of carbonyl (C=O) groups excluding carboxylic acids is 1. The minimum Gasteiger partial charge on any atom is -0.361 e. The lowest BCUT2D eigenvalue weighted by molar-refractivity contribution is 0.262. The molecule has 6 heteroatoms. The maximum Gasteiger partial charge on any atom is 0.323 e. The molecule has 6 nitrogen and oxygen atoms in total. The van der Waals surface area contributed by atoms with Gasteiger partial charge in [0.25, 0.3) is 0 Å². The van der Waals surface area contributed by atoms with Gasteiger partial charge in [0.2, 0.25) is 0 Å². The highest BCUT2D eigenvalue weighted by molar-refractivity contribution is 6.00. The van der Waals surface area contributed by atoms with Crippen molar-refractivity contribution in [2.24, 2.45) is 7.05 Å². The zero-order valence-corrected chi connectivity index (χ0v) is 10.3. The fourth-order valence-corrected chi connectivity index (χ4v) is 1.91. The number of amides is 2. The molecule has 3 rings (SSSR count). The molecule has 1 aromatic carbocycles. The molecule has 3 N–H and O–H groups in total. The highest BCUT2D eigenvalue weighted by atomic mass is 16.2. The third-order valence-electron chi connectivity index (χ3n) is 2.77. The first kappa shape index (κ1) is 11.3. The predicted octanol–water partition coefficient (Wildman–Crippen LogP) is 2.55. The quantitative estimate of drug-likeness (QED) is 0.658. The maximum atomic E-state index is 11.8. The summed E-state index contributed by atoms with van der Waals surface area (Å²) < 4.78 is 1.63. The summed E-state index contributed by atoms with van der Waals surface area (Å²) >= 11 is 0. The fraction of sp³-hybridized carbons (Fsp3) is 0.0769. The van der Waals surface area contributed by atoms with E-state index in [4.69, 9.17) is 0 Å². The Morgan fingerprint density at radius 1 is 1.26 bits per heavy atom. The molecule has 0 saturated heterocycles. The van der Waals surface area contributed by atoms with Crippen LogP contribution in [0.3, 0.4) is 0 Å². The van der Waals surface area contributed by atoms with E-state index in [2.05, 4.69) is 20.7 Å². The van der Waals surface area contributed by atoms with Crippen LogP contribution in [-0.2, 0) is 7.05 Å². The molecular weight excluding hydrogens is 242 g/mol. The summed E-state index contributed by atoms with van der Waals surface area (Å²) in [5, 5.41) is 10.5. The van der Waals surface area contributed by atoms with Crippen molar-refractivity contribution < 1.29 is 4.79 Å². The van der Waals surface area contributed by atoms with E-state index in [1.807, 2.05) is 30.5 Å². The highest BCUT2D eigenvalue weighted by Gasteiger charge is 2.04. The second kappa shape index (κ2) is 4.49. The largest absolute Gasteiger partial charge is 0.361 e. The standard InChI is InChI=1S/C13H13N5O/c1-18-8-11(7-15-18)17-13(19)16-10-2-3-12-9(6-10)4-5-14-12/h2-8,14H,1H3,(H2,16,17,19). The molecule has 2 heterocycles. The number of aromatic nitrogens is 3. The van der Waals surface area contributed by atoms with Crippen molar-refractivity contribution >= 4 is 28.3 Å². The van der Waals surface area contributed by atoms with Crippen molar-refractivity contribution in [2.45, 2.75) is 0 Å². The Kier molecular flexibility index (Phi) is 2.68. The van der Waals surface area contributed by atoms with Crippen LogP contribution in [0.1, 0.15) is 0 Å². The van der Waals surface area contributed by atoms with Gasteiger partial charge in [-0.05, 0) is 24.3 Å². The van der Waals surface area contributed by atoms with E-state index >= 15 is 0 Å². The van der Waals surface area contributed by atoms with Crippen LogP contribution in [-0.4, -0.2) is 20.8 Å². The first-order chi connectivity index (χ1) is 9.20. The summed E-state index contributed by atoms with van der Waals surface area (Å²) in [5.74, 6) is 0. The lowest BCUT2D eigenvalue weighted by atomic mass is 10.2. The molecular formula is C13H13N5O. The van der Waals surface area contributed by atoms with Crippen molar-refractivity contribution in [2.75, 3.05) is 10.6 Å². The molecule has 0 aliphatic carbocycles. The van der Waals surface area contributed by atoms with Gasteiger partial charge in [0.1, 0.15) is 0 Å². The van der Waals surface area contributed by atoms with Crippen LogP contribution in [0.4, 0.5) is 16.2 Å². The molecule has 0 radical (unpaired) electrons. The number of aromatic amines is 1. The Labute approximate surface area is 109 Å². The average Bonchev–Trinajstić information content (AvgIpc) is 2.97. The van der Waals surface area contributed by atoms with E-state index < -0.39 is 0 Å². The fourth-order valence-electron chi connectivity index (χ4n) is 1.91. The number of nitrogens with one attached hydrogen (secondary N) is 3. The summed E-state index contributed by atoms with van der Waals surface area (Å²) in [6.45, 7) is 0. The molecule has 3 aromatic rings. The Morgan fingerprint density at radius 3 is 2.89 bits per heavy atom. The monoisotopic (exact) mass is 255 g/mol. The number of aryl methyl sites for hydroxylation is 1. The van der Waals surface area contributed by atoms with E-state index in [1.54, 1.807) is 24.1 Å². The molecule has 0 spiro atoms. The van der Waals surface area contributed by atoms with Gasteiger partial charge < -0.3 is 15.6 Å². The van der Waals surface area contributed by atoms with Gasteiger partial charge in [-0.1, -0.05) is 0 Å². The van der Waals surface area contributed by atoms with E-state index in [-0.39, 0.29) is 6.03 Å². The number of rotatable bonds is 2. The van der Waals surface area contributed by atoms with Crippen LogP contribution in [0.25, 0.3) is 10.9 Å². The number of fused-ring (bicyclic) bond motifs is 1. The van der Waals surface area contributed by atoms with Crippen molar-refractivity contribution in [3.8, 4) is 0 Å². The lowest BCUT2D eigenvalue weighted by Gasteiger charge is -2.05. The summed E-state index contributed by atoms with van der Waals surface area (Å²) in [7, 11) is 1.79. The SMILES string of the molecule is Cn1cc(NC(=O)Nc2ccc3[nH]ccc3c2)cn1. The summed E-state index contributed by atoms with van der Waals surface area (Å²) in [4.78, 5) is 14.9. The molecule has 2 aromatic heterocycles. The first-order valence-corrected chi connectivity index (χ1v) is 5.84. The Balaban J connectivity index is 1.71. The Morgan fingerprint density at radius 2 is 2.11 bits per heavy atom. The number of benzene rings is 1. The molecule has 0 aliphatic heterocycles. The summed E-state index contributed by atoms with van der Waals surface area (Å²) in [6, 6.07) is 7.35. The number of H-pyrrole nitrogens is 1. The normalized spacial score (nSPS) is 10.6. The van der Waals surface area contributed by atoms with Gasteiger partial charge in [0.05, 0.1) is 11.9 Å². The smallest absolute Gasteiger partial charge is 0.323 e. The first-order valence-electron chi connectivity index (χ1n) is 5.84.